The molecule has 1 aromatic rings. The molecule has 1 fully saturated rings. The van der Waals surface area contributed by atoms with E-state index in [-0.39, 0.29) is 19.0 Å². The van der Waals surface area contributed by atoms with Crippen LogP contribution >= 0.6 is 12.4 Å². The van der Waals surface area contributed by atoms with Crippen LogP contribution in [0.15, 0.2) is 18.2 Å². The van der Waals surface area contributed by atoms with Gasteiger partial charge in [-0.25, -0.2) is 12.1 Å². The molecule has 24 heavy (non-hydrogen) atoms. The lowest BCUT2D eigenvalue weighted by molar-refractivity contribution is -0.130. The van der Waals surface area contributed by atoms with Gasteiger partial charge in [-0.2, -0.15) is 0 Å². The largest absolute Gasteiger partial charge is 0.493 e. The highest BCUT2D eigenvalue weighted by atomic mass is 35.5. The Morgan fingerprint density at radius 1 is 1.33 bits per heavy atom. The number of rotatable bonds is 5. The second kappa shape index (κ2) is 8.73. The number of nitrogens with zero attached hydrogens (tertiary/aromatic N) is 2. The molecule has 7 nitrogen and oxygen atoms in total. The maximum absolute atomic E-state index is 11.2. The van der Waals surface area contributed by atoms with Gasteiger partial charge in [0.2, 0.25) is 0 Å². The molecule has 0 saturated carbocycles. The van der Waals surface area contributed by atoms with Crippen LogP contribution < -0.4 is 15.0 Å². The van der Waals surface area contributed by atoms with E-state index in [0.29, 0.717) is 37.4 Å². The van der Waals surface area contributed by atoms with Crippen molar-refractivity contribution in [3.05, 3.63) is 35.2 Å². The topological polar surface area (TPSA) is 75.4 Å². The van der Waals surface area contributed by atoms with Gasteiger partial charge in [0.15, 0.2) is 11.5 Å². The third-order valence-electron chi connectivity index (χ3n) is 4.31. The number of carbonyl (C=O) groups excluding carboxylic acids is 1. The number of methoxy groups -OCH3 is 2. The van der Waals surface area contributed by atoms with Gasteiger partial charge >= 0.3 is 0 Å². The van der Waals surface area contributed by atoms with Crippen LogP contribution in [0, 0.1) is 6.57 Å². The fourth-order valence-electron chi connectivity index (χ4n) is 2.91. The van der Waals surface area contributed by atoms with Crippen molar-refractivity contribution < 1.29 is 19.5 Å². The number of hydroxylamine groups is 1. The zero-order chi connectivity index (χ0) is 16.9. The number of halogens is 1. The predicted octanol–water partition coefficient (Wildman–Crippen LogP) is 1.84. The van der Waals surface area contributed by atoms with Crippen LogP contribution in [0.4, 0.5) is 0 Å². The van der Waals surface area contributed by atoms with Gasteiger partial charge in [-0.1, -0.05) is 0 Å². The molecule has 0 aromatic heterocycles. The molecule has 1 aliphatic heterocycles. The summed E-state index contributed by atoms with van der Waals surface area (Å²) in [4.78, 5) is 17.1. The molecule has 0 aliphatic carbocycles. The summed E-state index contributed by atoms with van der Waals surface area (Å²) in [5.74, 6) is 0.801. The molecule has 0 bridgehead atoms. The fourth-order valence-corrected chi connectivity index (χ4v) is 2.91. The van der Waals surface area contributed by atoms with Crippen molar-refractivity contribution in [1.82, 2.24) is 10.4 Å². The summed E-state index contributed by atoms with van der Waals surface area (Å²) >= 11 is 0. The maximum Gasteiger partial charge on any atom is 0.260 e. The van der Waals surface area contributed by atoms with E-state index >= 15 is 0 Å². The number of benzene rings is 1. The Labute approximate surface area is 147 Å². The molecule has 1 aromatic carbocycles. The van der Waals surface area contributed by atoms with Crippen molar-refractivity contribution in [2.75, 3.05) is 33.9 Å². The molecule has 1 aliphatic rings. The van der Waals surface area contributed by atoms with Crippen LogP contribution in [-0.2, 0) is 10.3 Å². The molecule has 1 amide bonds. The van der Waals surface area contributed by atoms with Crippen molar-refractivity contribution in [1.29, 1.82) is 0 Å². The monoisotopic (exact) mass is 355 g/mol. The van der Waals surface area contributed by atoms with Crippen molar-refractivity contribution in [2.24, 2.45) is 0 Å². The van der Waals surface area contributed by atoms with Gasteiger partial charge in [-0.05, 0) is 18.2 Å². The minimum atomic E-state index is -0.619. The van der Waals surface area contributed by atoms with Crippen LogP contribution in [0.3, 0.4) is 0 Å². The van der Waals surface area contributed by atoms with Gasteiger partial charge in [0.1, 0.15) is 0 Å². The molecule has 1 heterocycles. The molecular formula is C16H22ClN3O4. The SMILES string of the molecule is Cl.[C-]#[N+]C1(c2ccc(OC)c(OC)c2)CCN(CC(=O)NO)CC1. The van der Waals surface area contributed by atoms with E-state index in [1.54, 1.807) is 19.7 Å². The Hall–Kier alpha value is -2.01. The first kappa shape index (κ1) is 20.0. The van der Waals surface area contributed by atoms with E-state index in [9.17, 15) is 4.79 Å². The highest BCUT2D eigenvalue weighted by Crippen LogP contribution is 2.40. The zero-order valence-corrected chi connectivity index (χ0v) is 14.6. The number of likely N-dealkylation sites (tertiary alicyclic amines) is 1. The predicted molar refractivity (Wildman–Crippen MR) is 90.7 cm³/mol. The van der Waals surface area contributed by atoms with Gasteiger partial charge in [-0.3, -0.25) is 14.9 Å². The number of piperidine rings is 1. The Kier molecular flexibility index (Phi) is 7.29. The Morgan fingerprint density at radius 2 is 1.96 bits per heavy atom. The number of amides is 1. The average Bonchev–Trinajstić information content (AvgIpc) is 2.61. The number of nitrogens with one attached hydrogen (secondary N) is 1. The first-order valence-corrected chi connectivity index (χ1v) is 7.35. The zero-order valence-electron chi connectivity index (χ0n) is 13.7. The first-order chi connectivity index (χ1) is 11.1. The van der Waals surface area contributed by atoms with Crippen LogP contribution in [0.5, 0.6) is 11.5 Å². The van der Waals surface area contributed by atoms with Crippen molar-refractivity contribution in [3.8, 4) is 11.5 Å². The van der Waals surface area contributed by atoms with Crippen molar-refractivity contribution >= 4 is 18.3 Å². The normalized spacial score (nSPS) is 16.4. The molecule has 132 valence electrons. The fraction of sp³-hybridized carbons (Fsp3) is 0.500. The molecule has 2 N–H and O–H groups in total. The lowest BCUT2D eigenvalue weighted by atomic mass is 9.81. The lowest BCUT2D eigenvalue weighted by Gasteiger charge is -2.33. The lowest BCUT2D eigenvalue weighted by Crippen LogP contribution is -2.44. The van der Waals surface area contributed by atoms with Crippen LogP contribution in [0.2, 0.25) is 0 Å². The van der Waals surface area contributed by atoms with Crippen molar-refractivity contribution in [3.63, 3.8) is 0 Å². The Balaban J connectivity index is 0.00000288. The Morgan fingerprint density at radius 3 is 2.46 bits per heavy atom. The second-order valence-electron chi connectivity index (χ2n) is 5.52. The number of hydrogen-bond donors (Lipinski definition) is 2. The quantitative estimate of drug-likeness (QED) is 0.479. The van der Waals surface area contributed by atoms with Gasteiger partial charge < -0.3 is 14.3 Å². The van der Waals surface area contributed by atoms with Gasteiger partial charge in [0.05, 0.1) is 20.8 Å². The summed E-state index contributed by atoms with van der Waals surface area (Å²) in [6.45, 7) is 9.03. The number of hydrogen-bond acceptors (Lipinski definition) is 5. The highest BCUT2D eigenvalue weighted by molar-refractivity contribution is 5.85. The number of ether oxygens (including phenoxy) is 2. The van der Waals surface area contributed by atoms with E-state index in [0.717, 1.165) is 5.56 Å². The summed E-state index contributed by atoms with van der Waals surface area (Å²) in [5.41, 5.74) is 1.92. The van der Waals surface area contributed by atoms with Crippen LogP contribution in [0.1, 0.15) is 18.4 Å². The molecule has 0 atom stereocenters. The molecule has 0 unspecified atom stereocenters. The van der Waals surface area contributed by atoms with E-state index in [1.807, 2.05) is 23.1 Å². The smallest absolute Gasteiger partial charge is 0.260 e. The van der Waals surface area contributed by atoms with Gasteiger partial charge in [0.25, 0.3) is 11.4 Å². The summed E-state index contributed by atoms with van der Waals surface area (Å²) < 4.78 is 10.6. The molecule has 0 radical (unpaired) electrons. The number of carbonyl (C=O) groups is 1. The summed E-state index contributed by atoms with van der Waals surface area (Å²) in [7, 11) is 3.15. The summed E-state index contributed by atoms with van der Waals surface area (Å²) in [6, 6.07) is 5.56. The molecule has 2 rings (SSSR count). The first-order valence-electron chi connectivity index (χ1n) is 7.35. The molecule has 1 saturated heterocycles. The minimum Gasteiger partial charge on any atom is -0.493 e. The van der Waals surface area contributed by atoms with E-state index in [1.165, 1.54) is 0 Å². The molecule has 8 heteroatoms. The minimum absolute atomic E-state index is 0. The van der Waals surface area contributed by atoms with E-state index in [2.05, 4.69) is 4.85 Å². The van der Waals surface area contributed by atoms with Gasteiger partial charge in [-0.15, -0.1) is 12.4 Å². The standard InChI is InChI=1S/C16H21N3O4.ClH/c1-17-16(6-8-19(9-7-16)11-15(20)18-21)12-4-5-13(22-2)14(10-12)23-3;/h4-5,10,21H,6-9,11H2,2-3H3,(H,18,20);1H. The maximum atomic E-state index is 11.2. The summed E-state index contributed by atoms with van der Waals surface area (Å²) in [5, 5.41) is 8.60. The van der Waals surface area contributed by atoms with E-state index < -0.39 is 11.4 Å². The third kappa shape index (κ3) is 4.09. The summed E-state index contributed by atoms with van der Waals surface area (Å²) in [6.07, 6.45) is 1.23. The van der Waals surface area contributed by atoms with Crippen molar-refractivity contribution in [2.45, 2.75) is 18.4 Å². The third-order valence-corrected chi connectivity index (χ3v) is 4.31. The average molecular weight is 356 g/mol. The highest BCUT2D eigenvalue weighted by Gasteiger charge is 2.43. The van der Waals surface area contributed by atoms with E-state index in [4.69, 9.17) is 21.3 Å². The van der Waals surface area contributed by atoms with Crippen LogP contribution in [-0.4, -0.2) is 49.9 Å². The molecule has 0 spiro atoms. The molecular weight excluding hydrogens is 334 g/mol. The van der Waals surface area contributed by atoms with Gasteiger partial charge in [0, 0.05) is 31.5 Å². The second-order valence-corrected chi connectivity index (χ2v) is 5.52. The Bertz CT molecular complexity index is 610. The van der Waals surface area contributed by atoms with Crippen LogP contribution in [0.25, 0.3) is 4.85 Å².